The van der Waals surface area contributed by atoms with Crippen LogP contribution in [0.2, 0.25) is 5.02 Å². The molecule has 138 valence electrons. The van der Waals surface area contributed by atoms with Gasteiger partial charge in [-0.15, -0.1) is 0 Å². The molecule has 2 aromatic carbocycles. The van der Waals surface area contributed by atoms with E-state index in [1.807, 2.05) is 0 Å². The standard InChI is InChI=1S/C17H17ClFN3O3S/c1-17(2,19)10-20-16-21-15-13(25-12-7-4-3-6-11(12)18)8-5-9-14(15)26(23,24)22-16/h3-9H,10H2,1-2H3,(H2,20,21,22). The van der Waals surface area contributed by atoms with E-state index in [1.54, 1.807) is 36.4 Å². The second-order valence-corrected chi connectivity index (χ2v) is 8.33. The Morgan fingerprint density at radius 2 is 1.85 bits per heavy atom. The van der Waals surface area contributed by atoms with E-state index in [2.05, 4.69) is 15.0 Å². The van der Waals surface area contributed by atoms with E-state index in [0.717, 1.165) is 0 Å². The van der Waals surface area contributed by atoms with Crippen molar-refractivity contribution < 1.29 is 17.5 Å². The van der Waals surface area contributed by atoms with Crippen molar-refractivity contribution >= 4 is 33.3 Å². The van der Waals surface area contributed by atoms with Crippen LogP contribution in [0.15, 0.2) is 52.4 Å². The number of hydrogen-bond donors (Lipinski definition) is 2. The molecule has 0 amide bonds. The molecule has 9 heteroatoms. The fourth-order valence-electron chi connectivity index (χ4n) is 2.25. The molecule has 0 aromatic heterocycles. The van der Waals surface area contributed by atoms with Crippen molar-refractivity contribution in [3.05, 3.63) is 47.5 Å². The maximum atomic E-state index is 13.7. The van der Waals surface area contributed by atoms with Crippen LogP contribution in [0.4, 0.5) is 10.1 Å². The monoisotopic (exact) mass is 397 g/mol. The fourth-order valence-corrected chi connectivity index (χ4v) is 3.59. The van der Waals surface area contributed by atoms with E-state index in [9.17, 15) is 12.8 Å². The number of sulfonamides is 1. The predicted molar refractivity (Wildman–Crippen MR) is 99.4 cm³/mol. The summed E-state index contributed by atoms with van der Waals surface area (Å²) in [6.45, 7) is 2.50. The lowest BCUT2D eigenvalue weighted by Gasteiger charge is -2.24. The molecule has 0 spiro atoms. The van der Waals surface area contributed by atoms with Crippen LogP contribution >= 0.6 is 11.6 Å². The summed E-state index contributed by atoms with van der Waals surface area (Å²) >= 11 is 6.10. The SMILES string of the molecule is CC(C)(F)CN=C1Nc2c(Oc3ccccc3Cl)cccc2S(=O)(=O)N1. The molecule has 2 N–H and O–H groups in total. The van der Waals surface area contributed by atoms with Crippen LogP contribution in [0.25, 0.3) is 0 Å². The first-order chi connectivity index (χ1) is 12.2. The zero-order valence-electron chi connectivity index (χ0n) is 14.1. The summed E-state index contributed by atoms with van der Waals surface area (Å²) in [6, 6.07) is 11.4. The van der Waals surface area contributed by atoms with Gasteiger partial charge in [-0.1, -0.05) is 29.8 Å². The first-order valence-electron chi connectivity index (χ1n) is 7.74. The van der Waals surface area contributed by atoms with Gasteiger partial charge in [0, 0.05) is 0 Å². The summed E-state index contributed by atoms with van der Waals surface area (Å²) in [5.41, 5.74) is -1.37. The van der Waals surface area contributed by atoms with Crippen molar-refractivity contribution in [1.29, 1.82) is 0 Å². The summed E-state index contributed by atoms with van der Waals surface area (Å²) in [6.07, 6.45) is 0. The molecule has 3 rings (SSSR count). The number of nitrogens with one attached hydrogen (secondary N) is 2. The minimum Gasteiger partial charge on any atom is -0.454 e. The van der Waals surface area contributed by atoms with E-state index < -0.39 is 15.7 Å². The Morgan fingerprint density at radius 3 is 2.54 bits per heavy atom. The lowest BCUT2D eigenvalue weighted by Crippen LogP contribution is -2.41. The number of halogens is 2. The topological polar surface area (TPSA) is 79.8 Å². The van der Waals surface area contributed by atoms with Gasteiger partial charge in [0.1, 0.15) is 22.0 Å². The molecule has 0 saturated carbocycles. The van der Waals surface area contributed by atoms with Crippen LogP contribution in [-0.4, -0.2) is 26.6 Å². The maximum absolute atomic E-state index is 13.7. The van der Waals surface area contributed by atoms with Gasteiger partial charge in [-0.2, -0.15) is 0 Å². The molecule has 2 aromatic rings. The summed E-state index contributed by atoms with van der Waals surface area (Å²) in [5.74, 6) is 0.565. The van der Waals surface area contributed by atoms with Gasteiger partial charge in [0.25, 0.3) is 10.0 Å². The number of anilines is 1. The largest absolute Gasteiger partial charge is 0.454 e. The Bertz CT molecular complexity index is 971. The lowest BCUT2D eigenvalue weighted by molar-refractivity contribution is 0.229. The van der Waals surface area contributed by atoms with E-state index >= 15 is 0 Å². The summed E-state index contributed by atoms with van der Waals surface area (Å²) in [5, 5.41) is 3.24. The number of benzene rings is 2. The molecule has 1 aliphatic heterocycles. The van der Waals surface area contributed by atoms with Crippen molar-refractivity contribution in [2.45, 2.75) is 24.4 Å². The number of guanidine groups is 1. The first-order valence-corrected chi connectivity index (χ1v) is 9.60. The third kappa shape index (κ3) is 4.08. The van der Waals surface area contributed by atoms with Gasteiger partial charge in [0.2, 0.25) is 5.96 Å². The van der Waals surface area contributed by atoms with Crippen molar-refractivity contribution in [2.75, 3.05) is 11.9 Å². The first kappa shape index (κ1) is 18.5. The highest BCUT2D eigenvalue weighted by Crippen LogP contribution is 2.38. The van der Waals surface area contributed by atoms with Crippen LogP contribution in [0, 0.1) is 0 Å². The third-order valence-electron chi connectivity index (χ3n) is 3.42. The number of alkyl halides is 1. The number of aliphatic imine (C=N–C) groups is 1. The van der Waals surface area contributed by atoms with E-state index in [1.165, 1.54) is 19.9 Å². The highest BCUT2D eigenvalue weighted by atomic mass is 35.5. The molecule has 26 heavy (non-hydrogen) atoms. The maximum Gasteiger partial charge on any atom is 0.266 e. The van der Waals surface area contributed by atoms with Gasteiger partial charge in [-0.25, -0.2) is 22.5 Å². The highest BCUT2D eigenvalue weighted by molar-refractivity contribution is 7.90. The zero-order valence-corrected chi connectivity index (χ0v) is 15.7. The van der Waals surface area contributed by atoms with Crippen LogP contribution in [-0.2, 0) is 10.0 Å². The van der Waals surface area contributed by atoms with E-state index in [-0.39, 0.29) is 28.8 Å². The molecule has 0 fully saturated rings. The van der Waals surface area contributed by atoms with Crippen molar-refractivity contribution in [2.24, 2.45) is 4.99 Å². The van der Waals surface area contributed by atoms with E-state index in [4.69, 9.17) is 16.3 Å². The van der Waals surface area contributed by atoms with Crippen LogP contribution in [0.3, 0.4) is 0 Å². The Balaban J connectivity index is 2.01. The fraction of sp³-hybridized carbons (Fsp3) is 0.235. The normalized spacial score (nSPS) is 17.2. The highest BCUT2D eigenvalue weighted by Gasteiger charge is 2.30. The molecular formula is C17H17ClFN3O3S. The Labute approximate surface area is 156 Å². The Morgan fingerprint density at radius 1 is 1.15 bits per heavy atom. The predicted octanol–water partition coefficient (Wildman–Crippen LogP) is 3.94. The van der Waals surface area contributed by atoms with Gasteiger partial charge >= 0.3 is 0 Å². The number of nitrogens with zero attached hydrogens (tertiary/aromatic N) is 1. The van der Waals surface area contributed by atoms with Crippen molar-refractivity contribution in [1.82, 2.24) is 4.72 Å². The molecule has 0 atom stereocenters. The van der Waals surface area contributed by atoms with Gasteiger partial charge in [-0.3, -0.25) is 0 Å². The Hall–Kier alpha value is -2.32. The molecule has 0 saturated heterocycles. The number of fused-ring (bicyclic) bond motifs is 1. The second kappa shape index (κ2) is 6.77. The van der Waals surface area contributed by atoms with Gasteiger partial charge in [-0.05, 0) is 38.1 Å². The minimum absolute atomic E-state index is 0.000474. The number of para-hydroxylation sites is 2. The molecule has 0 radical (unpaired) electrons. The lowest BCUT2D eigenvalue weighted by atomic mass is 10.2. The molecule has 0 aliphatic carbocycles. The summed E-state index contributed by atoms with van der Waals surface area (Å²) in [7, 11) is -3.86. The molecule has 0 bridgehead atoms. The van der Waals surface area contributed by atoms with Crippen molar-refractivity contribution in [3.63, 3.8) is 0 Å². The van der Waals surface area contributed by atoms with Gasteiger partial charge < -0.3 is 10.1 Å². The molecular weight excluding hydrogens is 381 g/mol. The van der Waals surface area contributed by atoms with E-state index in [0.29, 0.717) is 10.8 Å². The van der Waals surface area contributed by atoms with Crippen LogP contribution in [0.5, 0.6) is 11.5 Å². The molecule has 1 aliphatic rings. The number of ether oxygens (including phenoxy) is 1. The second-order valence-electron chi connectivity index (χ2n) is 6.28. The smallest absolute Gasteiger partial charge is 0.266 e. The zero-order chi connectivity index (χ0) is 18.9. The molecule has 1 heterocycles. The number of rotatable bonds is 4. The quantitative estimate of drug-likeness (QED) is 0.818. The van der Waals surface area contributed by atoms with Crippen molar-refractivity contribution in [3.8, 4) is 11.5 Å². The van der Waals surface area contributed by atoms with Gasteiger partial charge in [0.05, 0.1) is 11.6 Å². The minimum atomic E-state index is -3.86. The summed E-state index contributed by atoms with van der Waals surface area (Å²) < 4.78 is 46.7. The van der Waals surface area contributed by atoms with Crippen LogP contribution < -0.4 is 14.8 Å². The average molecular weight is 398 g/mol. The number of hydrogen-bond acceptors (Lipinski definition) is 4. The van der Waals surface area contributed by atoms with Gasteiger partial charge in [0.15, 0.2) is 5.75 Å². The van der Waals surface area contributed by atoms with Crippen LogP contribution in [0.1, 0.15) is 13.8 Å². The summed E-state index contributed by atoms with van der Waals surface area (Å²) in [4.78, 5) is 3.97. The average Bonchev–Trinajstić information content (AvgIpc) is 2.54. The molecule has 0 unspecified atom stereocenters. The Kier molecular flexibility index (Phi) is 4.81. The third-order valence-corrected chi connectivity index (χ3v) is 5.12. The molecule has 6 nitrogen and oxygen atoms in total.